The lowest BCUT2D eigenvalue weighted by atomic mass is 9.95. The first kappa shape index (κ1) is 37.2. The van der Waals surface area contributed by atoms with Gasteiger partial charge in [-0.3, -0.25) is 4.79 Å². The lowest BCUT2D eigenvalue weighted by Crippen LogP contribution is -2.26. The van der Waals surface area contributed by atoms with E-state index in [1.165, 1.54) is 19.9 Å². The number of methoxy groups -OCH3 is 1. The van der Waals surface area contributed by atoms with Crippen molar-refractivity contribution in [1.29, 1.82) is 0 Å². The summed E-state index contributed by atoms with van der Waals surface area (Å²) in [6, 6.07) is 1.56. The van der Waals surface area contributed by atoms with Gasteiger partial charge in [0.1, 0.15) is 0 Å². The molecule has 1 amide bonds. The fraction of sp³-hybridized carbons (Fsp3) is 0.552. The molecular formula is C29H37F9N2O2. The van der Waals surface area contributed by atoms with Gasteiger partial charge in [0.05, 0.1) is 16.7 Å². The van der Waals surface area contributed by atoms with Crippen molar-refractivity contribution in [2.75, 3.05) is 25.1 Å². The largest absolute Gasteiger partial charge is 0.416 e. The van der Waals surface area contributed by atoms with E-state index in [1.807, 2.05) is 20.8 Å². The number of halogens is 9. The molecule has 2 rings (SSSR count). The predicted molar refractivity (Wildman–Crippen MR) is 144 cm³/mol. The smallest absolute Gasteiger partial charge is 0.379 e. The molecule has 1 N–H and O–H groups in total. The minimum absolute atomic E-state index is 0.0392. The molecule has 0 saturated carbocycles. The molecule has 13 heteroatoms. The van der Waals surface area contributed by atoms with Crippen LogP contribution < -0.4 is 10.2 Å². The van der Waals surface area contributed by atoms with Crippen molar-refractivity contribution in [3.63, 3.8) is 0 Å². The first-order valence-electron chi connectivity index (χ1n) is 13.0. The van der Waals surface area contributed by atoms with Gasteiger partial charge in [-0.1, -0.05) is 25.1 Å². The van der Waals surface area contributed by atoms with Gasteiger partial charge in [-0.25, -0.2) is 0 Å². The van der Waals surface area contributed by atoms with Crippen molar-refractivity contribution in [2.45, 2.75) is 84.1 Å². The number of alkyl halides is 9. The molecular weight excluding hydrogens is 579 g/mol. The summed E-state index contributed by atoms with van der Waals surface area (Å²) >= 11 is 0. The Morgan fingerprint density at radius 1 is 1.05 bits per heavy atom. The molecule has 0 spiro atoms. The number of amides is 1. The van der Waals surface area contributed by atoms with E-state index in [0.717, 1.165) is 11.0 Å². The third kappa shape index (κ3) is 11.5. The van der Waals surface area contributed by atoms with Crippen LogP contribution in [0.5, 0.6) is 0 Å². The second-order valence-electron chi connectivity index (χ2n) is 10.7. The molecule has 1 aromatic carbocycles. The number of benzene rings is 1. The number of nitrogens with zero attached hydrogens (tertiary/aromatic N) is 1. The molecule has 1 aliphatic heterocycles. The van der Waals surface area contributed by atoms with Crippen molar-refractivity contribution in [2.24, 2.45) is 0 Å². The van der Waals surface area contributed by atoms with Crippen LogP contribution in [0.15, 0.2) is 47.6 Å². The van der Waals surface area contributed by atoms with E-state index in [2.05, 4.69) is 11.9 Å². The lowest BCUT2D eigenvalue weighted by Gasteiger charge is -2.25. The fourth-order valence-corrected chi connectivity index (χ4v) is 3.84. The molecule has 0 fully saturated rings. The third-order valence-corrected chi connectivity index (χ3v) is 6.41. The molecule has 238 valence electrons. The number of nitrogens with one attached hydrogen (secondary N) is 1. The Kier molecular flexibility index (Phi) is 12.9. The van der Waals surface area contributed by atoms with E-state index >= 15 is 0 Å². The predicted octanol–water partition coefficient (Wildman–Crippen LogP) is 8.78. The number of aryl methyl sites for hydroxylation is 1. The minimum atomic E-state index is -5.07. The highest BCUT2D eigenvalue weighted by atomic mass is 19.4. The first-order valence-corrected chi connectivity index (χ1v) is 13.0. The molecule has 1 unspecified atom stereocenters. The molecule has 4 nitrogen and oxygen atoms in total. The van der Waals surface area contributed by atoms with Gasteiger partial charge in [0.25, 0.3) is 0 Å². The molecule has 1 heterocycles. The van der Waals surface area contributed by atoms with Crippen LogP contribution in [0.4, 0.5) is 45.2 Å². The Bertz CT molecular complexity index is 1140. The van der Waals surface area contributed by atoms with Gasteiger partial charge in [-0.2, -0.15) is 39.5 Å². The zero-order chi connectivity index (χ0) is 32.7. The lowest BCUT2D eigenvalue weighted by molar-refractivity contribution is -0.138. The zero-order valence-electron chi connectivity index (χ0n) is 24.4. The van der Waals surface area contributed by atoms with Crippen molar-refractivity contribution in [3.05, 3.63) is 64.3 Å². The van der Waals surface area contributed by atoms with Gasteiger partial charge in [0.2, 0.25) is 6.41 Å². The van der Waals surface area contributed by atoms with Crippen molar-refractivity contribution in [3.8, 4) is 0 Å². The van der Waals surface area contributed by atoms with Crippen LogP contribution in [0.2, 0.25) is 0 Å². The molecule has 0 aromatic heterocycles. The third-order valence-electron chi connectivity index (χ3n) is 6.41. The van der Waals surface area contributed by atoms with Crippen molar-refractivity contribution >= 4 is 12.1 Å². The van der Waals surface area contributed by atoms with Crippen molar-refractivity contribution in [1.82, 2.24) is 5.32 Å². The van der Waals surface area contributed by atoms with Gasteiger partial charge in [0.15, 0.2) is 0 Å². The van der Waals surface area contributed by atoms with E-state index in [9.17, 15) is 44.3 Å². The molecule has 0 radical (unpaired) electrons. The number of allylic oxidation sites excluding steroid dienone is 4. The number of carbonyl (C=O) groups excluding carboxylic acids is 1. The van der Waals surface area contributed by atoms with E-state index in [1.54, 1.807) is 7.11 Å². The average Bonchev–Trinajstić information content (AvgIpc) is 3.01. The number of anilines is 1. The van der Waals surface area contributed by atoms with Crippen LogP contribution in [0.1, 0.15) is 69.7 Å². The molecule has 1 aromatic rings. The number of fused-ring (bicyclic) bond motifs is 1. The highest BCUT2D eigenvalue weighted by molar-refractivity contribution is 5.78. The monoisotopic (exact) mass is 616 g/mol. The maximum Gasteiger partial charge on any atom is 0.416 e. The summed E-state index contributed by atoms with van der Waals surface area (Å²) in [5.41, 5.74) is -3.60. The number of hydrogen-bond acceptors (Lipinski definition) is 3. The SMILES string of the molecule is C=C(/C=C(\C=C(/CC)CNC1CCCN(C=O)c2cc(C(F)(F)F)c(C)cc21)C(F)(F)F)C(F)(F)F.COC(C)(C)C. The molecule has 1 aliphatic rings. The van der Waals surface area contributed by atoms with Crippen LogP contribution in [-0.4, -0.2) is 44.6 Å². The Hall–Kier alpha value is -2.80. The zero-order valence-corrected chi connectivity index (χ0v) is 24.4. The molecule has 0 bridgehead atoms. The van der Waals surface area contributed by atoms with Crippen LogP contribution in [0, 0.1) is 6.92 Å². The highest BCUT2D eigenvalue weighted by Gasteiger charge is 2.37. The maximum absolute atomic E-state index is 13.4. The van der Waals surface area contributed by atoms with E-state index in [0.29, 0.717) is 30.9 Å². The standard InChI is InChI=1S/C24H25F9N2O.C5H12O/c1-4-16(10-17(23(28,29)30)9-15(3)22(25,26)27)12-34-20-6-5-7-35(13-36)21-11-19(24(31,32)33)14(2)8-18(20)21;1-5(2,3)6-4/h8-11,13,20,34H,3-7,12H2,1-2H3;1-4H3/b16-10+,17-9+;. The number of carbonyl (C=O) groups is 1. The Morgan fingerprint density at radius 3 is 2.05 bits per heavy atom. The van der Waals surface area contributed by atoms with Gasteiger partial charge in [-0.15, -0.1) is 0 Å². The summed E-state index contributed by atoms with van der Waals surface area (Å²) in [5.74, 6) is 0. The molecule has 0 saturated heterocycles. The molecule has 0 aliphatic carbocycles. The second kappa shape index (κ2) is 14.6. The van der Waals surface area contributed by atoms with Crippen LogP contribution in [0.25, 0.3) is 0 Å². The average molecular weight is 617 g/mol. The normalized spacial score (nSPS) is 17.2. The summed E-state index contributed by atoms with van der Waals surface area (Å²) in [4.78, 5) is 12.7. The highest BCUT2D eigenvalue weighted by Crippen LogP contribution is 2.40. The van der Waals surface area contributed by atoms with Gasteiger partial charge >= 0.3 is 18.5 Å². The quantitative estimate of drug-likeness (QED) is 0.189. The molecule has 42 heavy (non-hydrogen) atoms. The van der Waals surface area contributed by atoms with Gasteiger partial charge in [-0.05, 0) is 76.3 Å². The summed E-state index contributed by atoms with van der Waals surface area (Å²) in [5, 5.41) is 3.01. The summed E-state index contributed by atoms with van der Waals surface area (Å²) < 4.78 is 124. The fourth-order valence-electron chi connectivity index (χ4n) is 3.84. The Morgan fingerprint density at radius 2 is 1.62 bits per heavy atom. The summed E-state index contributed by atoms with van der Waals surface area (Å²) in [6.07, 6.45) is -13.0. The minimum Gasteiger partial charge on any atom is -0.379 e. The topological polar surface area (TPSA) is 41.6 Å². The van der Waals surface area contributed by atoms with Crippen LogP contribution in [0.3, 0.4) is 0 Å². The van der Waals surface area contributed by atoms with E-state index in [4.69, 9.17) is 4.74 Å². The summed E-state index contributed by atoms with van der Waals surface area (Å²) in [6.45, 7) is 11.5. The summed E-state index contributed by atoms with van der Waals surface area (Å²) in [7, 11) is 1.71. The number of rotatable bonds is 7. The second-order valence-corrected chi connectivity index (χ2v) is 10.7. The first-order chi connectivity index (χ1) is 19.0. The van der Waals surface area contributed by atoms with E-state index < -0.39 is 41.3 Å². The van der Waals surface area contributed by atoms with Crippen LogP contribution >= 0.6 is 0 Å². The van der Waals surface area contributed by atoms with Crippen molar-refractivity contribution < 1.29 is 49.0 Å². The maximum atomic E-state index is 13.4. The van der Waals surface area contributed by atoms with Gasteiger partial charge in [0, 0.05) is 37.5 Å². The van der Waals surface area contributed by atoms with Gasteiger partial charge < -0.3 is 15.0 Å². The molecule has 1 atom stereocenters. The Balaban J connectivity index is 0.00000132. The number of hydrogen-bond donors (Lipinski definition) is 1. The number of ether oxygens (including phenoxy) is 1. The Labute approximate surface area is 240 Å². The van der Waals surface area contributed by atoms with E-state index in [-0.39, 0.29) is 48.0 Å². The van der Waals surface area contributed by atoms with Crippen LogP contribution in [-0.2, 0) is 15.7 Å².